The Morgan fingerprint density at radius 3 is 2.29 bits per heavy atom. The van der Waals surface area contributed by atoms with Crippen LogP contribution in [0.25, 0.3) is 0 Å². The lowest BCUT2D eigenvalue weighted by atomic mass is 10.5. The Labute approximate surface area is 112 Å². The number of nitrogens with two attached hydrogens (primary N) is 2. The first-order valence-corrected chi connectivity index (χ1v) is 6.01. The van der Waals surface area contributed by atoms with Crippen LogP contribution in [0.15, 0.2) is 22.8 Å². The third-order valence-corrected chi connectivity index (χ3v) is 1.70. The van der Waals surface area contributed by atoms with E-state index in [9.17, 15) is 9.59 Å². The van der Waals surface area contributed by atoms with Gasteiger partial charge in [0.05, 0.1) is 6.26 Å². The highest BCUT2D eigenvalue weighted by atomic mass is 127. The normalized spacial score (nSPS) is 8.76. The Morgan fingerprint density at radius 2 is 1.94 bits per heavy atom. The summed E-state index contributed by atoms with van der Waals surface area (Å²) in [6, 6.07) is 3.41. The van der Waals surface area contributed by atoms with Crippen LogP contribution < -0.4 is 11.5 Å². The number of ether oxygens (including phenoxy) is 2. The van der Waals surface area contributed by atoms with Crippen LogP contribution in [-0.2, 0) is 16.1 Å². The molecule has 1 aromatic heterocycles. The van der Waals surface area contributed by atoms with E-state index in [1.54, 1.807) is 12.1 Å². The molecule has 0 unspecified atom stereocenters. The van der Waals surface area contributed by atoms with Crippen molar-refractivity contribution in [3.8, 4) is 0 Å². The number of carbonyl (C=O) groups excluding carboxylic acids is 2. The van der Waals surface area contributed by atoms with E-state index in [0.29, 0.717) is 12.4 Å². The zero-order chi connectivity index (χ0) is 13.1. The first-order chi connectivity index (χ1) is 8.06. The maximum atomic E-state index is 10.1. The maximum absolute atomic E-state index is 10.1. The van der Waals surface area contributed by atoms with Crippen molar-refractivity contribution in [1.29, 1.82) is 0 Å². The molecule has 0 aromatic carbocycles. The Kier molecular flexibility index (Phi) is 8.92. The molecule has 96 valence electrons. The summed E-state index contributed by atoms with van der Waals surface area (Å²) in [6.45, 7) is 0.512. The van der Waals surface area contributed by atoms with Crippen LogP contribution in [0.2, 0.25) is 0 Å². The maximum Gasteiger partial charge on any atom is 0.404 e. The summed E-state index contributed by atoms with van der Waals surface area (Å²) in [5.41, 5.74) is 9.32. The standard InChI is InChI=1S/C6H7NO3.C3H6INO2/c7-6(8)10-4-5-2-1-3-9-5;4-1-2-7-3(5)6/h1-3H,4H2,(H2,7,8);1-2H2,(H2,5,6). The largest absolute Gasteiger partial charge is 0.466 e. The SMILES string of the molecule is NC(=O)OCCI.NC(=O)OCc1ccco1. The Morgan fingerprint density at radius 1 is 1.29 bits per heavy atom. The van der Waals surface area contributed by atoms with Crippen LogP contribution in [-0.4, -0.2) is 23.2 Å². The van der Waals surface area contributed by atoms with Gasteiger partial charge in [-0.15, -0.1) is 0 Å². The van der Waals surface area contributed by atoms with Crippen LogP contribution in [0.3, 0.4) is 0 Å². The summed E-state index contributed by atoms with van der Waals surface area (Å²) in [4.78, 5) is 19.8. The van der Waals surface area contributed by atoms with Crippen LogP contribution in [0.1, 0.15) is 5.76 Å². The number of hydrogen-bond donors (Lipinski definition) is 2. The fraction of sp³-hybridized carbons (Fsp3) is 0.333. The molecule has 0 bridgehead atoms. The molecule has 1 rings (SSSR count). The van der Waals surface area contributed by atoms with E-state index in [1.807, 2.05) is 0 Å². The van der Waals surface area contributed by atoms with Crippen molar-refractivity contribution < 1.29 is 23.5 Å². The number of halogens is 1. The van der Waals surface area contributed by atoms with Gasteiger partial charge in [0.25, 0.3) is 0 Å². The fourth-order valence-corrected chi connectivity index (χ4v) is 0.896. The van der Waals surface area contributed by atoms with E-state index in [-0.39, 0.29) is 6.61 Å². The molecule has 1 aromatic rings. The molecule has 0 spiro atoms. The molecule has 0 saturated carbocycles. The van der Waals surface area contributed by atoms with Gasteiger partial charge >= 0.3 is 12.2 Å². The van der Waals surface area contributed by atoms with Gasteiger partial charge in [-0.2, -0.15) is 0 Å². The number of primary amides is 2. The van der Waals surface area contributed by atoms with E-state index in [4.69, 9.17) is 10.2 Å². The Hall–Kier alpha value is -1.45. The number of carbonyl (C=O) groups is 2. The number of hydrogen-bond acceptors (Lipinski definition) is 5. The van der Waals surface area contributed by atoms with E-state index in [0.717, 1.165) is 4.43 Å². The average Bonchev–Trinajstić information content (AvgIpc) is 2.77. The highest BCUT2D eigenvalue weighted by molar-refractivity contribution is 14.1. The highest BCUT2D eigenvalue weighted by Gasteiger charge is 1.97. The predicted octanol–water partition coefficient (Wildman–Crippen LogP) is 1.39. The molecule has 0 fully saturated rings. The lowest BCUT2D eigenvalue weighted by molar-refractivity contribution is 0.141. The second-order valence-electron chi connectivity index (χ2n) is 2.54. The van der Waals surface area contributed by atoms with Crippen molar-refractivity contribution >= 4 is 34.8 Å². The van der Waals surface area contributed by atoms with Gasteiger partial charge in [-0.25, -0.2) is 9.59 Å². The second-order valence-corrected chi connectivity index (χ2v) is 3.62. The van der Waals surface area contributed by atoms with Crippen LogP contribution in [0, 0.1) is 0 Å². The van der Waals surface area contributed by atoms with Gasteiger partial charge in [0, 0.05) is 4.43 Å². The minimum atomic E-state index is -0.795. The van der Waals surface area contributed by atoms with E-state index < -0.39 is 12.2 Å². The van der Waals surface area contributed by atoms with E-state index >= 15 is 0 Å². The summed E-state index contributed by atoms with van der Waals surface area (Å²) in [5, 5.41) is 0. The summed E-state index contributed by atoms with van der Waals surface area (Å²) >= 11 is 2.09. The van der Waals surface area contributed by atoms with Crippen molar-refractivity contribution in [3.05, 3.63) is 24.2 Å². The Balaban J connectivity index is 0.000000325. The molecule has 17 heavy (non-hydrogen) atoms. The van der Waals surface area contributed by atoms with Gasteiger partial charge in [0.15, 0.2) is 6.61 Å². The lowest BCUT2D eigenvalue weighted by Gasteiger charge is -1.95. The fourth-order valence-electron chi connectivity index (χ4n) is 0.676. The van der Waals surface area contributed by atoms with Crippen molar-refractivity contribution in [1.82, 2.24) is 0 Å². The van der Waals surface area contributed by atoms with E-state index in [2.05, 4.69) is 37.8 Å². The Bertz CT molecular complexity index is 328. The quantitative estimate of drug-likeness (QED) is 0.624. The van der Waals surface area contributed by atoms with E-state index in [1.165, 1.54) is 6.26 Å². The lowest BCUT2D eigenvalue weighted by Crippen LogP contribution is -2.13. The molecular weight excluding hydrogens is 343 g/mol. The van der Waals surface area contributed by atoms with Crippen LogP contribution in [0.4, 0.5) is 9.59 Å². The summed E-state index contributed by atoms with van der Waals surface area (Å²) in [6.07, 6.45) is 0.00716. The minimum absolute atomic E-state index is 0.0995. The smallest absolute Gasteiger partial charge is 0.404 e. The summed E-state index contributed by atoms with van der Waals surface area (Å²) < 4.78 is 14.4. The molecular formula is C9H13IN2O5. The molecule has 0 aliphatic carbocycles. The number of rotatable bonds is 4. The molecule has 4 N–H and O–H groups in total. The number of amides is 2. The highest BCUT2D eigenvalue weighted by Crippen LogP contribution is 2.00. The van der Waals surface area contributed by atoms with Crippen molar-refractivity contribution in [2.45, 2.75) is 6.61 Å². The third kappa shape index (κ3) is 10.8. The molecule has 8 heteroatoms. The number of furan rings is 1. The van der Waals surface area contributed by atoms with Crippen LogP contribution in [0.5, 0.6) is 0 Å². The molecule has 0 aliphatic heterocycles. The van der Waals surface area contributed by atoms with Crippen molar-refractivity contribution in [3.63, 3.8) is 0 Å². The van der Waals surface area contributed by atoms with Gasteiger partial charge in [-0.05, 0) is 12.1 Å². The van der Waals surface area contributed by atoms with Crippen molar-refractivity contribution in [2.75, 3.05) is 11.0 Å². The topological polar surface area (TPSA) is 118 Å². The molecule has 0 saturated heterocycles. The molecule has 1 heterocycles. The number of alkyl halides is 1. The van der Waals surface area contributed by atoms with Gasteiger partial charge in [0.1, 0.15) is 12.4 Å². The summed E-state index contributed by atoms with van der Waals surface area (Å²) in [5.74, 6) is 0.582. The average molecular weight is 356 g/mol. The molecule has 0 atom stereocenters. The second kappa shape index (κ2) is 9.75. The molecule has 0 aliphatic rings. The third-order valence-electron chi connectivity index (χ3n) is 1.26. The monoisotopic (exact) mass is 356 g/mol. The zero-order valence-corrected chi connectivity index (χ0v) is 11.1. The first-order valence-electron chi connectivity index (χ1n) is 4.49. The van der Waals surface area contributed by atoms with Crippen LogP contribution >= 0.6 is 22.6 Å². The van der Waals surface area contributed by atoms with Gasteiger partial charge < -0.3 is 25.4 Å². The molecule has 0 radical (unpaired) electrons. The van der Waals surface area contributed by atoms with Gasteiger partial charge in [0.2, 0.25) is 0 Å². The molecule has 2 amide bonds. The molecule has 7 nitrogen and oxygen atoms in total. The summed E-state index contributed by atoms with van der Waals surface area (Å²) in [7, 11) is 0. The minimum Gasteiger partial charge on any atom is -0.466 e. The van der Waals surface area contributed by atoms with Gasteiger partial charge in [-0.3, -0.25) is 0 Å². The zero-order valence-electron chi connectivity index (χ0n) is 8.93. The van der Waals surface area contributed by atoms with Crippen molar-refractivity contribution in [2.24, 2.45) is 11.5 Å². The van der Waals surface area contributed by atoms with Gasteiger partial charge in [-0.1, -0.05) is 22.6 Å². The predicted molar refractivity (Wildman–Crippen MR) is 67.5 cm³/mol. The first kappa shape index (κ1) is 15.6.